The van der Waals surface area contributed by atoms with Gasteiger partial charge in [0.25, 0.3) is 11.5 Å². The van der Waals surface area contributed by atoms with Gasteiger partial charge >= 0.3 is 0 Å². The van der Waals surface area contributed by atoms with E-state index in [0.29, 0.717) is 12.3 Å². The number of aromatic nitrogens is 5. The molecule has 10 nitrogen and oxygen atoms in total. The summed E-state index contributed by atoms with van der Waals surface area (Å²) in [5.74, 6) is 0.0977. The van der Waals surface area contributed by atoms with Gasteiger partial charge in [0.15, 0.2) is 17.6 Å². The van der Waals surface area contributed by atoms with E-state index in [1.807, 2.05) is 12.1 Å². The lowest BCUT2D eigenvalue weighted by Crippen LogP contribution is -2.31. The molecule has 29 heavy (non-hydrogen) atoms. The zero-order valence-electron chi connectivity index (χ0n) is 15.4. The number of aromatic amines is 2. The second-order valence-electron chi connectivity index (χ2n) is 6.37. The fourth-order valence-corrected chi connectivity index (χ4v) is 2.85. The summed E-state index contributed by atoms with van der Waals surface area (Å²) < 4.78 is 5.55. The number of hydrogen-bond donors (Lipinski definition) is 2. The maximum atomic E-state index is 12.6. The van der Waals surface area contributed by atoms with Crippen LogP contribution in [0.1, 0.15) is 5.69 Å². The number of carbonyl (C=O) groups is 1. The molecular weight excluding hydrogens is 376 g/mol. The Kier molecular flexibility index (Phi) is 4.73. The molecule has 0 fully saturated rings. The van der Waals surface area contributed by atoms with Gasteiger partial charge in [-0.1, -0.05) is 6.07 Å². The minimum atomic E-state index is -0.552. The first kappa shape index (κ1) is 18.3. The van der Waals surface area contributed by atoms with E-state index >= 15 is 0 Å². The van der Waals surface area contributed by atoms with E-state index in [9.17, 15) is 14.4 Å². The van der Waals surface area contributed by atoms with Crippen LogP contribution >= 0.6 is 0 Å². The SMILES string of the molecule is CN(Cc1ccccn1)C(=O)COc1ccc2c(=O)c3n[nH]nc3c(=O)[nH]c2c1. The maximum Gasteiger partial charge on any atom is 0.278 e. The Balaban J connectivity index is 1.54. The molecule has 0 radical (unpaired) electrons. The van der Waals surface area contributed by atoms with E-state index in [0.717, 1.165) is 5.69 Å². The Bertz CT molecular complexity index is 1320. The van der Waals surface area contributed by atoms with Crippen molar-refractivity contribution >= 4 is 27.8 Å². The number of fused-ring (bicyclic) bond motifs is 2. The van der Waals surface area contributed by atoms with Gasteiger partial charge in [0, 0.05) is 24.7 Å². The first-order chi connectivity index (χ1) is 14.0. The van der Waals surface area contributed by atoms with Gasteiger partial charge in [-0.15, -0.1) is 0 Å². The lowest BCUT2D eigenvalue weighted by Gasteiger charge is -2.17. The zero-order valence-corrected chi connectivity index (χ0v) is 15.4. The molecule has 10 heteroatoms. The molecule has 4 aromatic rings. The highest BCUT2D eigenvalue weighted by molar-refractivity contribution is 5.87. The van der Waals surface area contributed by atoms with Crippen molar-refractivity contribution in [1.29, 1.82) is 0 Å². The predicted octanol–water partition coefficient (Wildman–Crippen LogP) is 0.592. The van der Waals surface area contributed by atoms with Gasteiger partial charge in [0.1, 0.15) is 5.75 Å². The Morgan fingerprint density at radius 3 is 2.76 bits per heavy atom. The summed E-state index contributed by atoms with van der Waals surface area (Å²) in [6.45, 7) is 0.156. The van der Waals surface area contributed by atoms with Gasteiger partial charge in [-0.05, 0) is 24.3 Å². The fourth-order valence-electron chi connectivity index (χ4n) is 2.85. The van der Waals surface area contributed by atoms with Gasteiger partial charge in [-0.2, -0.15) is 15.4 Å². The summed E-state index contributed by atoms with van der Waals surface area (Å²) in [5.41, 5.74) is -0.0581. The van der Waals surface area contributed by atoms with Crippen LogP contribution in [-0.2, 0) is 11.3 Å². The topological polar surface area (TPSA) is 134 Å². The molecule has 0 atom stereocenters. The van der Waals surface area contributed by atoms with Crippen molar-refractivity contribution in [1.82, 2.24) is 30.3 Å². The van der Waals surface area contributed by atoms with Gasteiger partial charge in [-0.3, -0.25) is 19.4 Å². The molecule has 1 aromatic carbocycles. The smallest absolute Gasteiger partial charge is 0.278 e. The van der Waals surface area contributed by atoms with Crippen molar-refractivity contribution in [3.8, 4) is 5.75 Å². The molecule has 0 bridgehead atoms. The van der Waals surface area contributed by atoms with E-state index in [4.69, 9.17) is 4.74 Å². The number of nitrogens with one attached hydrogen (secondary N) is 2. The minimum absolute atomic E-state index is 0.0405. The van der Waals surface area contributed by atoms with Gasteiger partial charge in [0.2, 0.25) is 5.43 Å². The van der Waals surface area contributed by atoms with Crippen molar-refractivity contribution in [2.45, 2.75) is 6.54 Å². The Morgan fingerprint density at radius 1 is 1.14 bits per heavy atom. The number of benzene rings is 1. The van der Waals surface area contributed by atoms with Crippen molar-refractivity contribution in [3.05, 3.63) is 68.9 Å². The second kappa shape index (κ2) is 7.50. The summed E-state index contributed by atoms with van der Waals surface area (Å²) in [5, 5.41) is 10.0. The number of pyridine rings is 1. The molecule has 3 heterocycles. The number of likely N-dealkylation sites (N-methyl/N-ethyl adjacent to an activating group) is 1. The molecule has 0 spiro atoms. The van der Waals surface area contributed by atoms with Gasteiger partial charge in [-0.25, -0.2) is 0 Å². The number of H-pyrrole nitrogens is 2. The van der Waals surface area contributed by atoms with E-state index in [-0.39, 0.29) is 34.5 Å². The summed E-state index contributed by atoms with van der Waals surface area (Å²) in [6.07, 6.45) is 1.66. The average Bonchev–Trinajstić information content (AvgIpc) is 3.19. The molecule has 0 aliphatic heterocycles. The van der Waals surface area contributed by atoms with Crippen LogP contribution in [0.15, 0.2) is 52.2 Å². The minimum Gasteiger partial charge on any atom is -0.484 e. The molecular formula is C19H16N6O4. The Hall–Kier alpha value is -4.08. The number of amides is 1. The number of hydrogen-bond acceptors (Lipinski definition) is 7. The summed E-state index contributed by atoms with van der Waals surface area (Å²) >= 11 is 0. The maximum absolute atomic E-state index is 12.6. The van der Waals surface area contributed by atoms with Crippen LogP contribution in [0.2, 0.25) is 0 Å². The number of nitrogens with zero attached hydrogens (tertiary/aromatic N) is 4. The normalized spacial score (nSPS) is 10.9. The van der Waals surface area contributed by atoms with Crippen molar-refractivity contribution in [2.24, 2.45) is 0 Å². The third-order valence-corrected chi connectivity index (χ3v) is 4.38. The zero-order chi connectivity index (χ0) is 20.4. The van der Waals surface area contributed by atoms with E-state index < -0.39 is 11.0 Å². The van der Waals surface area contributed by atoms with Crippen molar-refractivity contribution < 1.29 is 9.53 Å². The molecule has 0 saturated carbocycles. The highest BCUT2D eigenvalue weighted by Crippen LogP contribution is 2.17. The first-order valence-electron chi connectivity index (χ1n) is 8.70. The number of rotatable bonds is 5. The molecule has 4 rings (SSSR count). The quantitative estimate of drug-likeness (QED) is 0.508. The van der Waals surface area contributed by atoms with Crippen LogP contribution < -0.4 is 15.7 Å². The molecule has 0 aliphatic rings. The van der Waals surface area contributed by atoms with Gasteiger partial charge < -0.3 is 14.6 Å². The standard InChI is InChI=1S/C19H16N6O4/c1-25(9-11-4-2-3-7-20-11)15(26)10-29-12-5-6-13-14(8-12)21-19(28)17-16(18(13)27)22-24-23-17/h2-8H,9-10H2,1H3,(H,21,28)(H,22,23,24). The molecule has 0 unspecified atom stereocenters. The Morgan fingerprint density at radius 2 is 1.97 bits per heavy atom. The van der Waals surface area contributed by atoms with Crippen LogP contribution in [0.4, 0.5) is 0 Å². The highest BCUT2D eigenvalue weighted by atomic mass is 16.5. The van der Waals surface area contributed by atoms with Crippen molar-refractivity contribution in [3.63, 3.8) is 0 Å². The molecule has 1 amide bonds. The van der Waals surface area contributed by atoms with Crippen LogP contribution in [-0.4, -0.2) is 49.8 Å². The predicted molar refractivity (Wildman–Crippen MR) is 104 cm³/mol. The van der Waals surface area contributed by atoms with Crippen LogP contribution in [0.3, 0.4) is 0 Å². The van der Waals surface area contributed by atoms with Crippen molar-refractivity contribution in [2.75, 3.05) is 13.7 Å². The van der Waals surface area contributed by atoms with Crippen LogP contribution in [0.5, 0.6) is 5.75 Å². The average molecular weight is 392 g/mol. The fraction of sp³-hybridized carbons (Fsp3) is 0.158. The second-order valence-corrected chi connectivity index (χ2v) is 6.37. The van der Waals surface area contributed by atoms with Gasteiger partial charge in [0.05, 0.1) is 17.8 Å². The summed E-state index contributed by atoms with van der Waals surface area (Å²) in [6, 6.07) is 10.0. The van der Waals surface area contributed by atoms with E-state index in [1.165, 1.54) is 17.0 Å². The molecule has 146 valence electrons. The molecule has 3 aromatic heterocycles. The number of carbonyl (C=O) groups excluding carboxylic acids is 1. The van der Waals surface area contributed by atoms with E-state index in [2.05, 4.69) is 25.4 Å². The van der Waals surface area contributed by atoms with Crippen LogP contribution in [0.25, 0.3) is 21.9 Å². The third-order valence-electron chi connectivity index (χ3n) is 4.38. The lowest BCUT2D eigenvalue weighted by molar-refractivity contribution is -0.132. The first-order valence-corrected chi connectivity index (χ1v) is 8.70. The van der Waals surface area contributed by atoms with E-state index in [1.54, 1.807) is 25.4 Å². The monoisotopic (exact) mass is 392 g/mol. The Labute approximate surface area is 163 Å². The molecule has 2 N–H and O–H groups in total. The largest absolute Gasteiger partial charge is 0.484 e. The highest BCUT2D eigenvalue weighted by Gasteiger charge is 2.13. The third kappa shape index (κ3) is 3.68. The summed E-state index contributed by atoms with van der Waals surface area (Å²) in [7, 11) is 1.66. The summed E-state index contributed by atoms with van der Waals surface area (Å²) in [4.78, 5) is 45.4. The molecule has 0 aliphatic carbocycles. The molecule has 0 saturated heterocycles. The van der Waals surface area contributed by atoms with Crippen LogP contribution in [0, 0.1) is 0 Å². The number of ether oxygens (including phenoxy) is 1. The lowest BCUT2D eigenvalue weighted by atomic mass is 10.2.